The molecule has 0 fully saturated rings. The molecule has 168 valence electrons. The lowest BCUT2D eigenvalue weighted by Crippen LogP contribution is -2.38. The van der Waals surface area contributed by atoms with Crippen LogP contribution >= 0.6 is 11.6 Å². The standard InChI is InChI=1S/C24H31ClFN3O2/c1-3-5-7-18(4-2)23(30)27-16-6-17-29(22-14-10-20(26)11-15-22)24(31)28-21-12-8-19(25)9-13-21/h8-15,18H,3-7,16-17H2,1-2H3,(H,27,30)(H,28,31). The van der Waals surface area contributed by atoms with Gasteiger partial charge in [-0.25, -0.2) is 9.18 Å². The molecule has 2 aromatic rings. The highest BCUT2D eigenvalue weighted by atomic mass is 35.5. The van der Waals surface area contributed by atoms with Crippen molar-refractivity contribution < 1.29 is 14.0 Å². The third kappa shape index (κ3) is 8.21. The van der Waals surface area contributed by atoms with Crippen molar-refractivity contribution in [2.75, 3.05) is 23.3 Å². The van der Waals surface area contributed by atoms with Crippen molar-refractivity contribution in [1.82, 2.24) is 5.32 Å². The number of nitrogens with one attached hydrogen (secondary N) is 2. The Kier molecular flexibility index (Phi) is 10.3. The molecule has 0 aliphatic rings. The molecular formula is C24H31ClFN3O2. The van der Waals surface area contributed by atoms with E-state index in [-0.39, 0.29) is 23.7 Å². The summed E-state index contributed by atoms with van der Waals surface area (Å²) in [5.41, 5.74) is 1.19. The van der Waals surface area contributed by atoms with Crippen LogP contribution in [0.2, 0.25) is 5.02 Å². The molecule has 0 aliphatic heterocycles. The molecule has 7 heteroatoms. The average Bonchev–Trinajstić information content (AvgIpc) is 2.76. The largest absolute Gasteiger partial charge is 0.356 e. The number of halogens is 2. The minimum Gasteiger partial charge on any atom is -0.356 e. The van der Waals surface area contributed by atoms with Crippen molar-refractivity contribution in [3.05, 3.63) is 59.4 Å². The van der Waals surface area contributed by atoms with Crippen LogP contribution in [0.15, 0.2) is 48.5 Å². The van der Waals surface area contributed by atoms with Crippen LogP contribution < -0.4 is 15.5 Å². The molecule has 0 saturated heterocycles. The van der Waals surface area contributed by atoms with Gasteiger partial charge in [-0.3, -0.25) is 9.69 Å². The maximum atomic E-state index is 13.3. The molecule has 5 nitrogen and oxygen atoms in total. The number of rotatable bonds is 11. The van der Waals surface area contributed by atoms with Crippen LogP contribution in [0.3, 0.4) is 0 Å². The van der Waals surface area contributed by atoms with Gasteiger partial charge in [-0.15, -0.1) is 0 Å². The number of carbonyl (C=O) groups is 2. The van der Waals surface area contributed by atoms with Crippen LogP contribution in [-0.2, 0) is 4.79 Å². The lowest BCUT2D eigenvalue weighted by atomic mass is 9.98. The summed E-state index contributed by atoms with van der Waals surface area (Å²) in [5.74, 6) is -0.275. The summed E-state index contributed by atoms with van der Waals surface area (Å²) in [6.45, 7) is 4.98. The first kappa shape index (κ1) is 24.7. The van der Waals surface area contributed by atoms with Crippen molar-refractivity contribution in [2.24, 2.45) is 5.92 Å². The molecule has 0 bridgehead atoms. The number of hydrogen-bond acceptors (Lipinski definition) is 2. The molecule has 2 N–H and O–H groups in total. The Bertz CT molecular complexity index is 828. The van der Waals surface area contributed by atoms with Gasteiger partial charge in [-0.2, -0.15) is 0 Å². The van der Waals surface area contributed by atoms with E-state index in [1.165, 1.54) is 17.0 Å². The van der Waals surface area contributed by atoms with Crippen LogP contribution in [0.5, 0.6) is 0 Å². The monoisotopic (exact) mass is 447 g/mol. The van der Waals surface area contributed by atoms with Crippen LogP contribution in [0.4, 0.5) is 20.6 Å². The summed E-state index contributed by atoms with van der Waals surface area (Å²) in [6.07, 6.45) is 4.39. The summed E-state index contributed by atoms with van der Waals surface area (Å²) < 4.78 is 13.3. The highest BCUT2D eigenvalue weighted by Gasteiger charge is 2.18. The first-order valence-electron chi connectivity index (χ1n) is 10.8. The van der Waals surface area contributed by atoms with Crippen LogP contribution in [0, 0.1) is 11.7 Å². The highest BCUT2D eigenvalue weighted by molar-refractivity contribution is 6.30. The minimum atomic E-state index is -0.369. The molecule has 0 saturated carbocycles. The molecule has 3 amide bonds. The summed E-state index contributed by atoms with van der Waals surface area (Å²) in [7, 11) is 0. The van der Waals surface area contributed by atoms with Gasteiger partial charge in [-0.05, 0) is 67.8 Å². The van der Waals surface area contributed by atoms with E-state index < -0.39 is 0 Å². The summed E-state index contributed by atoms with van der Waals surface area (Å²) in [5, 5.41) is 6.39. The molecule has 0 spiro atoms. The molecule has 31 heavy (non-hydrogen) atoms. The summed E-state index contributed by atoms with van der Waals surface area (Å²) in [6, 6.07) is 12.2. The summed E-state index contributed by atoms with van der Waals surface area (Å²) >= 11 is 5.90. The number of urea groups is 1. The fraction of sp³-hybridized carbons (Fsp3) is 0.417. The van der Waals surface area contributed by atoms with Gasteiger partial charge in [0.25, 0.3) is 0 Å². The number of amides is 3. The fourth-order valence-electron chi connectivity index (χ4n) is 3.26. The van der Waals surface area contributed by atoms with Crippen LogP contribution in [-0.4, -0.2) is 25.0 Å². The number of nitrogens with zero attached hydrogens (tertiary/aromatic N) is 1. The first-order chi connectivity index (χ1) is 14.9. The Morgan fingerprint density at radius 1 is 1.03 bits per heavy atom. The molecule has 0 aliphatic carbocycles. The quantitative estimate of drug-likeness (QED) is 0.400. The number of hydrogen-bond donors (Lipinski definition) is 2. The van der Waals surface area contributed by atoms with E-state index in [9.17, 15) is 14.0 Å². The maximum Gasteiger partial charge on any atom is 0.326 e. The van der Waals surface area contributed by atoms with Gasteiger partial charge < -0.3 is 10.6 Å². The zero-order valence-electron chi connectivity index (χ0n) is 18.2. The fourth-order valence-corrected chi connectivity index (χ4v) is 3.38. The number of unbranched alkanes of at least 4 members (excludes halogenated alkanes) is 1. The van der Waals surface area contributed by atoms with E-state index in [1.54, 1.807) is 36.4 Å². The maximum absolute atomic E-state index is 13.3. The van der Waals surface area contributed by atoms with Crippen molar-refractivity contribution in [3.63, 3.8) is 0 Å². The van der Waals surface area contributed by atoms with E-state index in [4.69, 9.17) is 11.6 Å². The molecule has 2 rings (SSSR count). The zero-order chi connectivity index (χ0) is 22.6. The molecule has 2 aromatic carbocycles. The van der Waals surface area contributed by atoms with Crippen LogP contribution in [0.25, 0.3) is 0 Å². The smallest absolute Gasteiger partial charge is 0.326 e. The second-order valence-corrected chi connectivity index (χ2v) is 7.89. The number of benzene rings is 2. The average molecular weight is 448 g/mol. The topological polar surface area (TPSA) is 61.4 Å². The zero-order valence-corrected chi connectivity index (χ0v) is 18.9. The third-order valence-corrected chi connectivity index (χ3v) is 5.36. The van der Waals surface area contributed by atoms with Gasteiger partial charge in [0.2, 0.25) is 5.91 Å². The Morgan fingerprint density at radius 3 is 2.32 bits per heavy atom. The van der Waals surface area contributed by atoms with Gasteiger partial charge in [0.15, 0.2) is 0 Å². The predicted octanol–water partition coefficient (Wildman–Crippen LogP) is 6.24. The molecule has 1 unspecified atom stereocenters. The van der Waals surface area contributed by atoms with Gasteiger partial charge in [0.05, 0.1) is 0 Å². The first-order valence-corrected chi connectivity index (χ1v) is 11.2. The van der Waals surface area contributed by atoms with Crippen LogP contribution in [0.1, 0.15) is 46.0 Å². The minimum absolute atomic E-state index is 0.0290. The van der Waals surface area contributed by atoms with E-state index in [1.807, 2.05) is 6.92 Å². The van der Waals surface area contributed by atoms with Gasteiger partial charge >= 0.3 is 6.03 Å². The van der Waals surface area contributed by atoms with Gasteiger partial charge in [0, 0.05) is 35.4 Å². The van der Waals surface area contributed by atoms with Crippen molar-refractivity contribution in [3.8, 4) is 0 Å². The van der Waals surface area contributed by atoms with E-state index in [0.29, 0.717) is 35.9 Å². The number of carbonyl (C=O) groups excluding carboxylic acids is 2. The Balaban J connectivity index is 1.97. The Hall–Kier alpha value is -2.60. The van der Waals surface area contributed by atoms with Gasteiger partial charge in [0.1, 0.15) is 5.82 Å². The molecule has 0 aromatic heterocycles. The van der Waals surface area contributed by atoms with Gasteiger partial charge in [-0.1, -0.05) is 38.3 Å². The predicted molar refractivity (Wildman–Crippen MR) is 125 cm³/mol. The van der Waals surface area contributed by atoms with Crippen molar-refractivity contribution in [1.29, 1.82) is 0 Å². The second-order valence-electron chi connectivity index (χ2n) is 7.46. The third-order valence-electron chi connectivity index (χ3n) is 5.11. The SMILES string of the molecule is CCCCC(CC)C(=O)NCCCN(C(=O)Nc1ccc(Cl)cc1)c1ccc(F)cc1. The second kappa shape index (κ2) is 13.0. The highest BCUT2D eigenvalue weighted by Crippen LogP contribution is 2.19. The van der Waals surface area contributed by atoms with E-state index in [0.717, 1.165) is 25.7 Å². The lowest BCUT2D eigenvalue weighted by Gasteiger charge is -2.24. The van der Waals surface area contributed by atoms with Crippen molar-refractivity contribution in [2.45, 2.75) is 46.0 Å². The summed E-state index contributed by atoms with van der Waals surface area (Å²) in [4.78, 5) is 26.8. The van der Waals surface area contributed by atoms with E-state index in [2.05, 4.69) is 17.6 Å². The molecule has 0 radical (unpaired) electrons. The lowest BCUT2D eigenvalue weighted by molar-refractivity contribution is -0.125. The number of anilines is 2. The molecule has 0 heterocycles. The molecular weight excluding hydrogens is 417 g/mol. The van der Waals surface area contributed by atoms with Crippen molar-refractivity contribution >= 4 is 34.9 Å². The Morgan fingerprint density at radius 2 is 1.71 bits per heavy atom. The normalized spacial score (nSPS) is 11.6. The molecule has 1 atom stereocenters. The Labute approximate surface area is 189 Å². The van der Waals surface area contributed by atoms with E-state index >= 15 is 0 Å².